The van der Waals surface area contributed by atoms with Crippen LogP contribution in [-0.2, 0) is 24.1 Å². The summed E-state index contributed by atoms with van der Waals surface area (Å²) in [5.74, 6) is -0.204. The van der Waals surface area contributed by atoms with Crippen molar-refractivity contribution in [3.8, 4) is 6.07 Å². The average molecular weight is 441 g/mol. The summed E-state index contributed by atoms with van der Waals surface area (Å²) < 4.78 is 21.1. The molecule has 31 heavy (non-hydrogen) atoms. The second kappa shape index (κ2) is 9.78. The molecule has 7 heteroatoms. The number of nitriles is 1. The Labute approximate surface area is 186 Å². The van der Waals surface area contributed by atoms with Gasteiger partial charge in [-0.2, -0.15) is 10.4 Å². The third kappa shape index (κ3) is 5.43. The number of hydrogen-bond donors (Lipinski definition) is 1. The highest BCUT2D eigenvalue weighted by Gasteiger charge is 2.32. The Kier molecular flexibility index (Phi) is 6.86. The quantitative estimate of drug-likeness (QED) is 0.523. The van der Waals surface area contributed by atoms with Crippen molar-refractivity contribution in [2.75, 3.05) is 26.3 Å². The second-order valence-electron chi connectivity index (χ2n) is 8.34. The molecule has 1 saturated heterocycles. The van der Waals surface area contributed by atoms with Crippen molar-refractivity contribution in [3.05, 3.63) is 64.6 Å². The summed E-state index contributed by atoms with van der Waals surface area (Å²) in [5.41, 5.74) is 3.09. The van der Waals surface area contributed by atoms with E-state index in [1.807, 2.05) is 30.5 Å². The van der Waals surface area contributed by atoms with Crippen LogP contribution in [0.2, 0.25) is 5.02 Å². The van der Waals surface area contributed by atoms with Crippen LogP contribution in [0.1, 0.15) is 24.0 Å². The molecule has 3 aromatic rings. The number of fused-ring (bicyclic) bond motifs is 1. The summed E-state index contributed by atoms with van der Waals surface area (Å²) in [6.07, 6.45) is 5.50. The minimum absolute atomic E-state index is 0.0567. The van der Waals surface area contributed by atoms with Gasteiger partial charge in [-0.1, -0.05) is 23.7 Å². The number of hydrogen-bond acceptors (Lipinski definition) is 4. The van der Waals surface area contributed by atoms with Gasteiger partial charge >= 0.3 is 0 Å². The largest absolute Gasteiger partial charge is 0.381 e. The van der Waals surface area contributed by atoms with Gasteiger partial charge in [-0.15, -0.1) is 0 Å². The van der Waals surface area contributed by atoms with Crippen LogP contribution in [0.3, 0.4) is 0 Å². The molecular formula is C24H26ClFN4O. The molecule has 0 saturated carbocycles. The Morgan fingerprint density at radius 3 is 2.74 bits per heavy atom. The zero-order valence-corrected chi connectivity index (χ0v) is 18.2. The van der Waals surface area contributed by atoms with Crippen molar-refractivity contribution < 1.29 is 9.13 Å². The Morgan fingerprint density at radius 1 is 1.23 bits per heavy atom. The van der Waals surface area contributed by atoms with Crippen LogP contribution in [0.5, 0.6) is 0 Å². The molecule has 1 N–H and O–H groups in total. The molecule has 4 rings (SSSR count). The summed E-state index contributed by atoms with van der Waals surface area (Å²) in [4.78, 5) is 0. The van der Waals surface area contributed by atoms with Gasteiger partial charge in [-0.25, -0.2) is 4.39 Å². The van der Waals surface area contributed by atoms with Gasteiger partial charge in [0.1, 0.15) is 12.4 Å². The first-order valence-electron chi connectivity index (χ1n) is 10.6. The number of rotatable bonds is 8. The van der Waals surface area contributed by atoms with Crippen molar-refractivity contribution in [1.29, 1.82) is 5.26 Å². The van der Waals surface area contributed by atoms with E-state index >= 15 is 0 Å². The van der Waals surface area contributed by atoms with Crippen LogP contribution in [0.15, 0.2) is 42.6 Å². The van der Waals surface area contributed by atoms with Crippen LogP contribution >= 0.6 is 11.6 Å². The molecule has 2 heterocycles. The predicted octanol–water partition coefficient (Wildman–Crippen LogP) is 4.52. The van der Waals surface area contributed by atoms with Crippen LogP contribution in [0.25, 0.3) is 10.9 Å². The minimum Gasteiger partial charge on any atom is -0.381 e. The Morgan fingerprint density at radius 2 is 2.00 bits per heavy atom. The Balaban J connectivity index is 1.41. The average Bonchev–Trinajstić information content (AvgIpc) is 3.16. The number of piperidine rings is 1. The van der Waals surface area contributed by atoms with Gasteiger partial charge in [0.25, 0.3) is 0 Å². The number of aromatic nitrogens is 2. The van der Waals surface area contributed by atoms with E-state index in [0.717, 1.165) is 54.4 Å². The monoisotopic (exact) mass is 440 g/mol. The molecule has 1 aliphatic rings. The Bertz CT molecular complexity index is 1070. The summed E-state index contributed by atoms with van der Waals surface area (Å²) in [7, 11) is 0. The highest BCUT2D eigenvalue weighted by molar-refractivity contribution is 6.31. The molecule has 2 aromatic carbocycles. The lowest BCUT2D eigenvalue weighted by atomic mass is 9.75. The van der Waals surface area contributed by atoms with Gasteiger partial charge < -0.3 is 10.1 Å². The van der Waals surface area contributed by atoms with Crippen molar-refractivity contribution >= 4 is 22.5 Å². The molecule has 0 spiro atoms. The smallest absolute Gasteiger partial charge is 0.128 e. The summed E-state index contributed by atoms with van der Waals surface area (Å²) in [6, 6.07) is 12.7. The van der Waals surface area contributed by atoms with Gasteiger partial charge in [-0.3, -0.25) is 4.68 Å². The SMILES string of the molecule is N#CCn1cc2cc(Cl)cc(CCOCC3(Cc4ccc(F)cc4)CCNCC3)c2n1. The number of nitrogens with one attached hydrogen (secondary N) is 1. The Hall–Kier alpha value is -2.46. The maximum atomic E-state index is 13.3. The molecule has 0 amide bonds. The van der Waals surface area contributed by atoms with E-state index in [9.17, 15) is 4.39 Å². The van der Waals surface area contributed by atoms with E-state index in [1.165, 1.54) is 12.1 Å². The normalized spacial score (nSPS) is 15.8. The van der Waals surface area contributed by atoms with Crippen molar-refractivity contribution in [2.24, 2.45) is 5.41 Å². The summed E-state index contributed by atoms with van der Waals surface area (Å²) in [5, 5.41) is 18.5. The molecule has 0 unspecified atom stereocenters. The van der Waals surface area contributed by atoms with E-state index in [2.05, 4.69) is 16.5 Å². The van der Waals surface area contributed by atoms with E-state index in [-0.39, 0.29) is 17.8 Å². The molecule has 162 valence electrons. The molecule has 0 aliphatic carbocycles. The zero-order chi connectivity index (χ0) is 21.7. The molecule has 5 nitrogen and oxygen atoms in total. The van der Waals surface area contributed by atoms with E-state index in [0.29, 0.717) is 24.7 Å². The third-order valence-corrected chi connectivity index (χ3v) is 6.23. The maximum absolute atomic E-state index is 13.3. The van der Waals surface area contributed by atoms with Crippen LogP contribution in [0, 0.1) is 22.6 Å². The number of nitrogens with zero attached hydrogens (tertiary/aromatic N) is 3. The lowest BCUT2D eigenvalue weighted by molar-refractivity contribution is 0.0254. The first-order valence-corrected chi connectivity index (χ1v) is 11.0. The lowest BCUT2D eigenvalue weighted by Crippen LogP contribution is -2.41. The van der Waals surface area contributed by atoms with E-state index in [1.54, 1.807) is 4.68 Å². The molecule has 1 fully saturated rings. The number of benzene rings is 2. The van der Waals surface area contributed by atoms with Gasteiger partial charge in [-0.05, 0) is 74.2 Å². The summed E-state index contributed by atoms with van der Waals surface area (Å²) >= 11 is 6.29. The maximum Gasteiger partial charge on any atom is 0.128 e. The standard InChI is InChI=1S/C24H26ClFN4O/c25-21-13-19(23-20(14-21)16-30(29-23)11-8-27)5-12-31-17-24(6-9-28-10-7-24)15-18-1-3-22(26)4-2-18/h1-4,13-14,16,28H,5-7,9-12,15,17H2. The highest BCUT2D eigenvalue weighted by atomic mass is 35.5. The van der Waals surface area contributed by atoms with Gasteiger partial charge in [0, 0.05) is 22.0 Å². The van der Waals surface area contributed by atoms with Gasteiger partial charge in [0.15, 0.2) is 0 Å². The molecule has 0 radical (unpaired) electrons. The second-order valence-corrected chi connectivity index (χ2v) is 8.78. The number of ether oxygens (including phenoxy) is 1. The van der Waals surface area contributed by atoms with Gasteiger partial charge in [0.05, 0.1) is 24.8 Å². The van der Waals surface area contributed by atoms with Crippen LogP contribution in [-0.4, -0.2) is 36.1 Å². The predicted molar refractivity (Wildman–Crippen MR) is 120 cm³/mol. The molecule has 1 aromatic heterocycles. The minimum atomic E-state index is -0.204. The fourth-order valence-corrected chi connectivity index (χ4v) is 4.65. The van der Waals surface area contributed by atoms with Crippen LogP contribution in [0.4, 0.5) is 4.39 Å². The lowest BCUT2D eigenvalue weighted by Gasteiger charge is -2.37. The molecule has 1 aliphatic heterocycles. The molecule has 0 atom stereocenters. The first kappa shape index (κ1) is 21.8. The molecular weight excluding hydrogens is 415 g/mol. The topological polar surface area (TPSA) is 62.9 Å². The fraction of sp³-hybridized carbons (Fsp3) is 0.417. The van der Waals surface area contributed by atoms with Crippen molar-refractivity contribution in [2.45, 2.75) is 32.2 Å². The summed E-state index contributed by atoms with van der Waals surface area (Å²) in [6.45, 7) is 3.38. The fourth-order valence-electron chi connectivity index (χ4n) is 4.40. The van der Waals surface area contributed by atoms with Crippen molar-refractivity contribution in [3.63, 3.8) is 0 Å². The third-order valence-electron chi connectivity index (χ3n) is 6.01. The van der Waals surface area contributed by atoms with E-state index < -0.39 is 0 Å². The van der Waals surface area contributed by atoms with E-state index in [4.69, 9.17) is 21.6 Å². The highest BCUT2D eigenvalue weighted by Crippen LogP contribution is 2.33. The van der Waals surface area contributed by atoms with Crippen molar-refractivity contribution in [1.82, 2.24) is 15.1 Å². The van der Waals surface area contributed by atoms with Crippen LogP contribution < -0.4 is 5.32 Å². The first-order chi connectivity index (χ1) is 15.1. The zero-order valence-electron chi connectivity index (χ0n) is 17.4. The number of halogens is 2. The van der Waals surface area contributed by atoms with Gasteiger partial charge in [0.2, 0.25) is 0 Å². The molecule has 0 bridgehead atoms.